The maximum Gasteiger partial charge on any atom is 0.258 e. The minimum atomic E-state index is -0.847. The van der Waals surface area contributed by atoms with E-state index in [2.05, 4.69) is 26.2 Å². The van der Waals surface area contributed by atoms with Gasteiger partial charge in [0.15, 0.2) is 17.5 Å². The molecule has 0 saturated carbocycles. The van der Waals surface area contributed by atoms with Gasteiger partial charge in [-0.05, 0) is 34.5 Å². The zero-order valence-electron chi connectivity index (χ0n) is 10.8. The Morgan fingerprint density at radius 3 is 2.70 bits per heavy atom. The quantitative estimate of drug-likeness (QED) is 0.852. The number of rotatable bonds is 5. The van der Waals surface area contributed by atoms with E-state index in [0.29, 0.717) is 16.8 Å². The van der Waals surface area contributed by atoms with Crippen molar-refractivity contribution in [1.82, 2.24) is 4.98 Å². The predicted molar refractivity (Wildman–Crippen MR) is 77.1 cm³/mol. The molecule has 0 spiro atoms. The van der Waals surface area contributed by atoms with Crippen LogP contribution in [0.1, 0.15) is 13.3 Å². The first-order valence-corrected chi connectivity index (χ1v) is 6.93. The summed E-state index contributed by atoms with van der Waals surface area (Å²) in [7, 11) is 0. The van der Waals surface area contributed by atoms with E-state index in [4.69, 9.17) is 4.74 Å². The van der Waals surface area contributed by atoms with Crippen molar-refractivity contribution in [2.24, 2.45) is 0 Å². The molecule has 6 heteroatoms. The summed E-state index contributed by atoms with van der Waals surface area (Å²) in [6.45, 7) is 2.48. The Hall–Kier alpha value is -1.69. The lowest BCUT2D eigenvalue weighted by Gasteiger charge is -2.10. The average molecular weight is 343 g/mol. The van der Waals surface area contributed by atoms with Crippen molar-refractivity contribution in [1.29, 1.82) is 0 Å². The molecule has 0 radical (unpaired) electrons. The summed E-state index contributed by atoms with van der Waals surface area (Å²) in [5.74, 6) is -1.46. The molecule has 1 N–H and O–H groups in total. The van der Waals surface area contributed by atoms with Crippen LogP contribution in [0.25, 0.3) is 0 Å². The summed E-state index contributed by atoms with van der Waals surface area (Å²) < 4.78 is 33.3. The summed E-state index contributed by atoms with van der Waals surface area (Å²) in [4.78, 5) is 3.84. The van der Waals surface area contributed by atoms with Crippen molar-refractivity contribution >= 4 is 21.7 Å². The van der Waals surface area contributed by atoms with Crippen LogP contribution in [0.4, 0.5) is 14.6 Å². The minimum absolute atomic E-state index is 0.0182. The highest BCUT2D eigenvalue weighted by Crippen LogP contribution is 2.30. The van der Waals surface area contributed by atoms with Crippen molar-refractivity contribution < 1.29 is 13.5 Å². The lowest BCUT2D eigenvalue weighted by molar-refractivity contribution is 0.416. The van der Waals surface area contributed by atoms with Gasteiger partial charge in [-0.25, -0.2) is 8.78 Å². The smallest absolute Gasteiger partial charge is 0.258 e. The first-order valence-electron chi connectivity index (χ1n) is 6.14. The Bertz CT molecular complexity index is 608. The Morgan fingerprint density at radius 2 is 2.00 bits per heavy atom. The molecule has 1 aromatic carbocycles. The summed E-state index contributed by atoms with van der Waals surface area (Å²) >= 11 is 3.29. The third kappa shape index (κ3) is 3.45. The van der Waals surface area contributed by atoms with Gasteiger partial charge in [-0.3, -0.25) is 0 Å². The lowest BCUT2D eigenvalue weighted by atomic mass is 10.3. The zero-order valence-corrected chi connectivity index (χ0v) is 12.4. The highest BCUT2D eigenvalue weighted by Gasteiger charge is 2.14. The molecule has 0 aliphatic carbocycles. The van der Waals surface area contributed by atoms with Crippen LogP contribution in [0.3, 0.4) is 0 Å². The van der Waals surface area contributed by atoms with Gasteiger partial charge in [-0.1, -0.05) is 19.1 Å². The molecule has 0 amide bonds. The van der Waals surface area contributed by atoms with Crippen LogP contribution in [-0.2, 0) is 0 Å². The number of halogens is 3. The maximum absolute atomic E-state index is 13.7. The van der Waals surface area contributed by atoms with Gasteiger partial charge < -0.3 is 10.1 Å². The number of hydrogen-bond donors (Lipinski definition) is 1. The number of benzene rings is 1. The number of para-hydroxylation sites is 1. The van der Waals surface area contributed by atoms with E-state index in [1.807, 2.05) is 6.92 Å². The summed E-state index contributed by atoms with van der Waals surface area (Å²) in [6, 6.07) is 7.73. The van der Waals surface area contributed by atoms with Gasteiger partial charge >= 0.3 is 0 Å². The van der Waals surface area contributed by atoms with Crippen molar-refractivity contribution in [3.63, 3.8) is 0 Å². The number of ether oxygens (including phenoxy) is 1. The largest absolute Gasteiger partial charge is 0.435 e. The Kier molecular flexibility index (Phi) is 4.89. The molecule has 2 rings (SSSR count). The Labute approximate surface area is 124 Å². The molecule has 0 bridgehead atoms. The standard InChI is InChI=1S/C14H13BrF2N2O/c1-2-7-18-13-10(16)8-11(17)14(19-13)20-12-6-4-3-5-9(12)15/h3-6,8H,2,7H2,1H3,(H,18,19). The van der Waals surface area contributed by atoms with E-state index >= 15 is 0 Å². The molecule has 0 aliphatic heterocycles. The highest BCUT2D eigenvalue weighted by atomic mass is 79.9. The van der Waals surface area contributed by atoms with Gasteiger partial charge in [0.05, 0.1) is 4.47 Å². The molecule has 20 heavy (non-hydrogen) atoms. The molecule has 0 atom stereocenters. The van der Waals surface area contributed by atoms with E-state index in [1.54, 1.807) is 24.3 Å². The van der Waals surface area contributed by atoms with Gasteiger partial charge in [0.1, 0.15) is 5.75 Å². The van der Waals surface area contributed by atoms with Gasteiger partial charge in [0.2, 0.25) is 0 Å². The second kappa shape index (κ2) is 6.65. The molecule has 106 valence electrons. The van der Waals surface area contributed by atoms with Gasteiger partial charge in [-0.15, -0.1) is 0 Å². The van der Waals surface area contributed by atoms with Gasteiger partial charge in [0.25, 0.3) is 5.88 Å². The zero-order chi connectivity index (χ0) is 14.5. The van der Waals surface area contributed by atoms with Crippen LogP contribution in [0.5, 0.6) is 11.6 Å². The fourth-order valence-corrected chi connectivity index (χ4v) is 1.89. The fourth-order valence-electron chi connectivity index (χ4n) is 1.52. The highest BCUT2D eigenvalue weighted by molar-refractivity contribution is 9.10. The molecule has 1 aromatic heterocycles. The molecule has 0 fully saturated rings. The Morgan fingerprint density at radius 1 is 1.25 bits per heavy atom. The number of nitrogens with one attached hydrogen (secondary N) is 1. The monoisotopic (exact) mass is 342 g/mol. The van der Waals surface area contributed by atoms with E-state index in [9.17, 15) is 8.78 Å². The van der Waals surface area contributed by atoms with Crippen LogP contribution < -0.4 is 10.1 Å². The summed E-state index contributed by atoms with van der Waals surface area (Å²) in [5.41, 5.74) is 0. The molecule has 1 heterocycles. The number of pyridine rings is 1. The van der Waals surface area contributed by atoms with Crippen molar-refractivity contribution in [2.75, 3.05) is 11.9 Å². The molecule has 2 aromatic rings. The molecule has 0 saturated heterocycles. The van der Waals surface area contributed by atoms with Crippen LogP contribution >= 0.6 is 15.9 Å². The van der Waals surface area contributed by atoms with Crippen molar-refractivity contribution in [2.45, 2.75) is 13.3 Å². The third-order valence-electron chi connectivity index (χ3n) is 2.48. The SMILES string of the molecule is CCCNc1nc(Oc2ccccc2Br)c(F)cc1F. The molecule has 0 aliphatic rings. The molecule has 0 unspecified atom stereocenters. The van der Waals surface area contributed by atoms with E-state index in [-0.39, 0.29) is 11.7 Å². The Balaban J connectivity index is 2.29. The second-order valence-electron chi connectivity index (χ2n) is 4.07. The third-order valence-corrected chi connectivity index (χ3v) is 3.14. The number of hydrogen-bond acceptors (Lipinski definition) is 3. The second-order valence-corrected chi connectivity index (χ2v) is 4.92. The number of anilines is 1. The van der Waals surface area contributed by atoms with Crippen molar-refractivity contribution in [3.8, 4) is 11.6 Å². The minimum Gasteiger partial charge on any atom is -0.435 e. The maximum atomic E-state index is 13.7. The first kappa shape index (κ1) is 14.7. The van der Waals surface area contributed by atoms with Gasteiger partial charge in [0, 0.05) is 12.6 Å². The van der Waals surface area contributed by atoms with E-state index < -0.39 is 11.6 Å². The van der Waals surface area contributed by atoms with Crippen LogP contribution in [-0.4, -0.2) is 11.5 Å². The summed E-state index contributed by atoms with van der Waals surface area (Å²) in [5, 5.41) is 2.79. The lowest BCUT2D eigenvalue weighted by Crippen LogP contribution is -2.06. The van der Waals surface area contributed by atoms with E-state index in [0.717, 1.165) is 12.5 Å². The van der Waals surface area contributed by atoms with Crippen LogP contribution in [0.2, 0.25) is 0 Å². The fraction of sp³-hybridized carbons (Fsp3) is 0.214. The predicted octanol–water partition coefficient (Wildman–Crippen LogP) is 4.74. The van der Waals surface area contributed by atoms with Crippen LogP contribution in [0, 0.1) is 11.6 Å². The van der Waals surface area contributed by atoms with E-state index in [1.165, 1.54) is 0 Å². The first-order chi connectivity index (χ1) is 9.61. The summed E-state index contributed by atoms with van der Waals surface area (Å²) in [6.07, 6.45) is 0.804. The molecular formula is C14H13BrF2N2O. The average Bonchev–Trinajstić information content (AvgIpc) is 2.43. The normalized spacial score (nSPS) is 10.4. The van der Waals surface area contributed by atoms with Gasteiger partial charge in [-0.2, -0.15) is 4.98 Å². The number of aromatic nitrogens is 1. The molecular weight excluding hydrogens is 330 g/mol. The van der Waals surface area contributed by atoms with Crippen molar-refractivity contribution in [3.05, 3.63) is 46.4 Å². The molecule has 3 nitrogen and oxygen atoms in total. The number of nitrogens with zero attached hydrogens (tertiary/aromatic N) is 1. The van der Waals surface area contributed by atoms with Crippen LogP contribution in [0.15, 0.2) is 34.8 Å². The topological polar surface area (TPSA) is 34.2 Å².